The van der Waals surface area contributed by atoms with Crippen molar-refractivity contribution in [1.29, 1.82) is 0 Å². The van der Waals surface area contributed by atoms with Crippen LogP contribution in [0.5, 0.6) is 5.75 Å². The molecule has 2 heterocycles. The highest BCUT2D eigenvalue weighted by Gasteiger charge is 2.22. The van der Waals surface area contributed by atoms with Crippen LogP contribution in [0.25, 0.3) is 11.3 Å². The number of hydrogen-bond acceptors (Lipinski definition) is 5. The Morgan fingerprint density at radius 2 is 1.66 bits per heavy atom. The number of carbonyl (C=O) groups is 1. The van der Waals surface area contributed by atoms with Gasteiger partial charge in [0, 0.05) is 31.7 Å². The molecule has 1 aromatic heterocycles. The molecule has 166 valence electrons. The van der Waals surface area contributed by atoms with Gasteiger partial charge in [0.1, 0.15) is 5.75 Å². The first-order valence-electron chi connectivity index (χ1n) is 11.2. The van der Waals surface area contributed by atoms with Crippen LogP contribution in [0.2, 0.25) is 0 Å². The van der Waals surface area contributed by atoms with Crippen molar-refractivity contribution < 1.29 is 9.53 Å². The molecule has 32 heavy (non-hydrogen) atoms. The first-order valence-corrected chi connectivity index (χ1v) is 11.2. The van der Waals surface area contributed by atoms with Crippen molar-refractivity contribution in [2.24, 2.45) is 0 Å². The molecule has 0 atom stereocenters. The lowest BCUT2D eigenvalue weighted by Gasteiger charge is -2.35. The van der Waals surface area contributed by atoms with E-state index in [1.807, 2.05) is 41.3 Å². The minimum absolute atomic E-state index is 0.0143. The monoisotopic (exact) mass is 430 g/mol. The standard InChI is InChI=1S/C26H30N4O2/c1-4-21-6-9-23(10-7-21)32-18-26(31)30-15-13-29(14-16-30)25-12-11-24(27-28-25)22-8-5-19(2)20(3)17-22/h5-12,17H,4,13-16,18H2,1-3H3. The molecular weight excluding hydrogens is 400 g/mol. The van der Waals surface area contributed by atoms with Crippen LogP contribution in [-0.4, -0.2) is 53.8 Å². The number of benzene rings is 2. The van der Waals surface area contributed by atoms with Gasteiger partial charge < -0.3 is 14.5 Å². The number of ether oxygens (including phenoxy) is 1. The third-order valence-electron chi connectivity index (χ3n) is 6.10. The summed E-state index contributed by atoms with van der Waals surface area (Å²) >= 11 is 0. The quantitative estimate of drug-likeness (QED) is 0.591. The van der Waals surface area contributed by atoms with E-state index >= 15 is 0 Å². The van der Waals surface area contributed by atoms with Gasteiger partial charge in [0.15, 0.2) is 12.4 Å². The van der Waals surface area contributed by atoms with E-state index in [2.05, 4.69) is 54.1 Å². The molecule has 1 aliphatic heterocycles. The summed E-state index contributed by atoms with van der Waals surface area (Å²) in [6, 6.07) is 18.3. The van der Waals surface area contributed by atoms with Gasteiger partial charge in [-0.15, -0.1) is 10.2 Å². The normalized spacial score (nSPS) is 13.8. The summed E-state index contributed by atoms with van der Waals surface area (Å²) in [5, 5.41) is 8.87. The largest absolute Gasteiger partial charge is 0.484 e. The van der Waals surface area contributed by atoms with Crippen molar-refractivity contribution in [3.8, 4) is 17.0 Å². The Kier molecular flexibility index (Phi) is 6.69. The van der Waals surface area contributed by atoms with Crippen LogP contribution in [0.1, 0.15) is 23.6 Å². The van der Waals surface area contributed by atoms with Crippen molar-refractivity contribution in [3.05, 3.63) is 71.3 Å². The molecular formula is C26H30N4O2. The van der Waals surface area contributed by atoms with Crippen LogP contribution in [0, 0.1) is 13.8 Å². The van der Waals surface area contributed by atoms with Crippen molar-refractivity contribution in [3.63, 3.8) is 0 Å². The zero-order valence-electron chi connectivity index (χ0n) is 19.0. The van der Waals surface area contributed by atoms with Gasteiger partial charge >= 0.3 is 0 Å². The first kappa shape index (κ1) is 21.8. The lowest BCUT2D eigenvalue weighted by molar-refractivity contribution is -0.133. The van der Waals surface area contributed by atoms with Crippen LogP contribution in [0.15, 0.2) is 54.6 Å². The smallest absolute Gasteiger partial charge is 0.260 e. The summed E-state index contributed by atoms with van der Waals surface area (Å²) < 4.78 is 5.68. The summed E-state index contributed by atoms with van der Waals surface area (Å²) in [6.07, 6.45) is 0.988. The minimum atomic E-state index is 0.0143. The molecule has 0 radical (unpaired) electrons. The number of piperazine rings is 1. The molecule has 6 heteroatoms. The Labute approximate surface area is 189 Å². The van der Waals surface area contributed by atoms with Crippen LogP contribution >= 0.6 is 0 Å². The number of aromatic nitrogens is 2. The maximum Gasteiger partial charge on any atom is 0.260 e. The van der Waals surface area contributed by atoms with Crippen molar-refractivity contribution >= 4 is 11.7 Å². The molecule has 0 aliphatic carbocycles. The van der Waals surface area contributed by atoms with Crippen LogP contribution in [0.3, 0.4) is 0 Å². The molecule has 1 fully saturated rings. The average molecular weight is 431 g/mol. The van der Waals surface area contributed by atoms with Gasteiger partial charge in [-0.05, 0) is 67.3 Å². The summed E-state index contributed by atoms with van der Waals surface area (Å²) in [6.45, 7) is 9.15. The topological polar surface area (TPSA) is 58.6 Å². The average Bonchev–Trinajstić information content (AvgIpc) is 2.85. The molecule has 0 N–H and O–H groups in total. The summed E-state index contributed by atoms with van der Waals surface area (Å²) in [7, 11) is 0. The molecule has 2 aromatic carbocycles. The SMILES string of the molecule is CCc1ccc(OCC(=O)N2CCN(c3ccc(-c4ccc(C)c(C)c4)nn3)CC2)cc1. The Morgan fingerprint density at radius 1 is 0.906 bits per heavy atom. The minimum Gasteiger partial charge on any atom is -0.484 e. The number of hydrogen-bond donors (Lipinski definition) is 0. The van der Waals surface area contributed by atoms with Crippen LogP contribution in [0.4, 0.5) is 5.82 Å². The van der Waals surface area contributed by atoms with E-state index in [0.717, 1.165) is 42.3 Å². The van der Waals surface area contributed by atoms with Gasteiger partial charge in [0.25, 0.3) is 5.91 Å². The molecule has 1 amide bonds. The Balaban J connectivity index is 1.29. The lowest BCUT2D eigenvalue weighted by atomic mass is 10.0. The van der Waals surface area contributed by atoms with Gasteiger partial charge in [0.2, 0.25) is 0 Å². The first-order chi connectivity index (χ1) is 15.5. The molecule has 4 rings (SSSR count). The highest BCUT2D eigenvalue weighted by atomic mass is 16.5. The lowest BCUT2D eigenvalue weighted by Crippen LogP contribution is -2.50. The molecule has 0 saturated carbocycles. The van der Waals surface area contributed by atoms with Crippen molar-refractivity contribution in [2.75, 3.05) is 37.7 Å². The fourth-order valence-electron chi connectivity index (χ4n) is 3.79. The number of carbonyl (C=O) groups excluding carboxylic acids is 1. The molecule has 6 nitrogen and oxygen atoms in total. The molecule has 3 aromatic rings. The molecule has 0 unspecified atom stereocenters. The third-order valence-corrected chi connectivity index (χ3v) is 6.10. The van der Waals surface area contributed by atoms with Crippen LogP contribution in [-0.2, 0) is 11.2 Å². The van der Waals surface area contributed by atoms with Gasteiger partial charge in [-0.2, -0.15) is 0 Å². The number of nitrogens with zero attached hydrogens (tertiary/aromatic N) is 4. The van der Waals surface area contributed by atoms with E-state index in [-0.39, 0.29) is 12.5 Å². The molecule has 0 bridgehead atoms. The number of anilines is 1. The number of amides is 1. The van der Waals surface area contributed by atoms with Crippen LogP contribution < -0.4 is 9.64 Å². The van der Waals surface area contributed by atoms with E-state index < -0.39 is 0 Å². The maximum absolute atomic E-state index is 12.5. The third kappa shape index (κ3) is 5.07. The second kappa shape index (κ2) is 9.81. The van der Waals surface area contributed by atoms with Gasteiger partial charge in [-0.3, -0.25) is 4.79 Å². The van der Waals surface area contributed by atoms with Crippen molar-refractivity contribution in [1.82, 2.24) is 15.1 Å². The van der Waals surface area contributed by atoms with E-state index in [0.29, 0.717) is 13.1 Å². The fourth-order valence-corrected chi connectivity index (χ4v) is 3.79. The summed E-state index contributed by atoms with van der Waals surface area (Å²) in [5.74, 6) is 1.59. The summed E-state index contributed by atoms with van der Waals surface area (Å²) in [4.78, 5) is 16.6. The van der Waals surface area contributed by atoms with Crippen molar-refractivity contribution in [2.45, 2.75) is 27.2 Å². The van der Waals surface area contributed by atoms with Gasteiger partial charge in [-0.25, -0.2) is 0 Å². The fraction of sp³-hybridized carbons (Fsp3) is 0.346. The van der Waals surface area contributed by atoms with Gasteiger partial charge in [-0.1, -0.05) is 31.2 Å². The molecule has 1 aliphatic rings. The Morgan fingerprint density at radius 3 is 2.28 bits per heavy atom. The highest BCUT2D eigenvalue weighted by molar-refractivity contribution is 5.78. The zero-order valence-corrected chi connectivity index (χ0v) is 19.0. The molecule has 1 saturated heterocycles. The maximum atomic E-state index is 12.5. The van der Waals surface area contributed by atoms with E-state index in [1.54, 1.807) is 0 Å². The number of aryl methyl sites for hydroxylation is 3. The number of rotatable bonds is 6. The zero-order chi connectivity index (χ0) is 22.5. The Hall–Kier alpha value is -3.41. The van der Waals surface area contributed by atoms with Gasteiger partial charge in [0.05, 0.1) is 5.69 Å². The second-order valence-electron chi connectivity index (χ2n) is 8.23. The van der Waals surface area contributed by atoms with E-state index in [1.165, 1.54) is 16.7 Å². The Bertz CT molecular complexity index is 1060. The second-order valence-corrected chi connectivity index (χ2v) is 8.23. The summed E-state index contributed by atoms with van der Waals surface area (Å²) in [5.41, 5.74) is 5.72. The van der Waals surface area contributed by atoms with E-state index in [4.69, 9.17) is 4.74 Å². The predicted molar refractivity (Wildman–Crippen MR) is 127 cm³/mol. The van der Waals surface area contributed by atoms with E-state index in [9.17, 15) is 4.79 Å². The molecule has 0 spiro atoms. The highest BCUT2D eigenvalue weighted by Crippen LogP contribution is 2.22. The predicted octanol–water partition coefficient (Wildman–Crippen LogP) is 4.05.